The predicted octanol–water partition coefficient (Wildman–Crippen LogP) is 2.90. The highest BCUT2D eigenvalue weighted by molar-refractivity contribution is 6.29. The molecule has 2 rings (SSSR count). The van der Waals surface area contributed by atoms with Crippen molar-refractivity contribution < 1.29 is 9.59 Å². The van der Waals surface area contributed by atoms with Crippen molar-refractivity contribution in [2.75, 3.05) is 7.05 Å². The van der Waals surface area contributed by atoms with Crippen LogP contribution in [0.5, 0.6) is 0 Å². The van der Waals surface area contributed by atoms with E-state index in [-0.39, 0.29) is 24.3 Å². The van der Waals surface area contributed by atoms with Gasteiger partial charge in [0.15, 0.2) is 0 Å². The molecule has 0 aliphatic rings. The predicted molar refractivity (Wildman–Crippen MR) is 93.7 cm³/mol. The molecule has 0 saturated carbocycles. The van der Waals surface area contributed by atoms with Crippen LogP contribution in [0.25, 0.3) is 0 Å². The van der Waals surface area contributed by atoms with Gasteiger partial charge in [-0.05, 0) is 30.7 Å². The summed E-state index contributed by atoms with van der Waals surface area (Å²) in [7, 11) is 1.72. The second kappa shape index (κ2) is 8.45. The van der Waals surface area contributed by atoms with E-state index < -0.39 is 0 Å². The average molecular weight is 346 g/mol. The fourth-order valence-corrected chi connectivity index (χ4v) is 2.34. The van der Waals surface area contributed by atoms with Crippen LogP contribution in [0.15, 0.2) is 48.7 Å². The lowest BCUT2D eigenvalue weighted by molar-refractivity contribution is -0.130. The minimum atomic E-state index is -0.254. The number of aromatic nitrogens is 1. The number of amides is 2. The minimum absolute atomic E-state index is 0.0502. The molecule has 0 aliphatic carbocycles. The van der Waals surface area contributed by atoms with Crippen LogP contribution in [0.4, 0.5) is 0 Å². The largest absolute Gasteiger partial charge is 0.349 e. The average Bonchev–Trinajstić information content (AvgIpc) is 2.57. The topological polar surface area (TPSA) is 62.3 Å². The molecular formula is C18H20ClN3O2. The Morgan fingerprint density at radius 3 is 2.54 bits per heavy atom. The monoisotopic (exact) mass is 345 g/mol. The van der Waals surface area contributed by atoms with Gasteiger partial charge in [0.25, 0.3) is 5.91 Å². The van der Waals surface area contributed by atoms with Crippen molar-refractivity contribution >= 4 is 23.4 Å². The lowest BCUT2D eigenvalue weighted by atomic mass is 10.1. The maximum atomic E-state index is 12.3. The third-order valence-electron chi connectivity index (χ3n) is 3.53. The normalized spacial score (nSPS) is 11.6. The Kier molecular flexibility index (Phi) is 6.32. The molecule has 1 atom stereocenters. The number of nitrogens with zero attached hydrogens (tertiary/aromatic N) is 2. The molecule has 2 aromatic rings. The molecule has 1 unspecified atom stereocenters. The molecule has 0 aliphatic heterocycles. The summed E-state index contributed by atoms with van der Waals surface area (Å²) in [6.07, 6.45) is 1.88. The molecule has 1 heterocycles. The zero-order valence-corrected chi connectivity index (χ0v) is 14.5. The van der Waals surface area contributed by atoms with Gasteiger partial charge in [-0.3, -0.25) is 9.59 Å². The fraction of sp³-hybridized carbons (Fsp3) is 0.278. The van der Waals surface area contributed by atoms with Gasteiger partial charge in [0.05, 0.1) is 0 Å². The Hall–Kier alpha value is -2.40. The van der Waals surface area contributed by atoms with E-state index in [0.717, 1.165) is 5.56 Å². The van der Waals surface area contributed by atoms with Gasteiger partial charge >= 0.3 is 0 Å². The lowest BCUT2D eigenvalue weighted by Crippen LogP contribution is -2.37. The molecule has 6 heteroatoms. The quantitative estimate of drug-likeness (QED) is 0.819. The lowest BCUT2D eigenvalue weighted by Gasteiger charge is -2.20. The molecule has 0 spiro atoms. The molecule has 24 heavy (non-hydrogen) atoms. The first-order chi connectivity index (χ1) is 11.5. The molecule has 1 aromatic carbocycles. The molecule has 1 aromatic heterocycles. The highest BCUT2D eigenvalue weighted by atomic mass is 35.5. The third-order valence-corrected chi connectivity index (χ3v) is 3.75. The number of hydrogen-bond acceptors (Lipinski definition) is 3. The Balaban J connectivity index is 1.84. The number of carbonyl (C=O) groups excluding carboxylic acids is 2. The SMILES string of the molecule is CC(CC(=O)N(C)Cc1ccc(Cl)nc1)NC(=O)c1ccccc1. The summed E-state index contributed by atoms with van der Waals surface area (Å²) in [6, 6.07) is 12.2. The Labute approximate surface area is 146 Å². The Morgan fingerprint density at radius 2 is 1.92 bits per heavy atom. The van der Waals surface area contributed by atoms with Gasteiger partial charge in [-0.15, -0.1) is 0 Å². The number of hydrogen-bond donors (Lipinski definition) is 1. The van der Waals surface area contributed by atoms with Gasteiger partial charge in [0.2, 0.25) is 5.91 Å². The van der Waals surface area contributed by atoms with Crippen molar-refractivity contribution in [2.45, 2.75) is 25.9 Å². The van der Waals surface area contributed by atoms with Gasteiger partial charge in [-0.1, -0.05) is 35.9 Å². The number of halogens is 1. The van der Waals surface area contributed by atoms with Crippen LogP contribution < -0.4 is 5.32 Å². The second-order valence-electron chi connectivity index (χ2n) is 5.68. The summed E-state index contributed by atoms with van der Waals surface area (Å²) in [5, 5.41) is 3.26. The number of nitrogens with one attached hydrogen (secondary N) is 1. The molecule has 0 bridgehead atoms. The van der Waals surface area contributed by atoms with Crippen molar-refractivity contribution in [2.24, 2.45) is 0 Å². The van der Waals surface area contributed by atoms with Crippen LogP contribution in [0.2, 0.25) is 5.15 Å². The zero-order valence-electron chi connectivity index (χ0n) is 13.7. The highest BCUT2D eigenvalue weighted by Gasteiger charge is 2.16. The first kappa shape index (κ1) is 17.9. The summed E-state index contributed by atoms with van der Waals surface area (Å²) in [4.78, 5) is 29.9. The maximum absolute atomic E-state index is 12.3. The standard InChI is InChI=1S/C18H20ClN3O2/c1-13(21-18(24)15-6-4-3-5-7-15)10-17(23)22(2)12-14-8-9-16(19)20-11-14/h3-9,11,13H,10,12H2,1-2H3,(H,21,24). The van der Waals surface area contributed by atoms with Crippen molar-refractivity contribution in [3.05, 3.63) is 64.9 Å². The minimum Gasteiger partial charge on any atom is -0.349 e. The summed E-state index contributed by atoms with van der Waals surface area (Å²) in [5.41, 5.74) is 1.48. The number of benzene rings is 1. The third kappa shape index (κ3) is 5.35. The van der Waals surface area contributed by atoms with Crippen molar-refractivity contribution in [3.63, 3.8) is 0 Å². The van der Waals surface area contributed by atoms with E-state index in [1.54, 1.807) is 48.5 Å². The smallest absolute Gasteiger partial charge is 0.251 e. The summed E-state index contributed by atoms with van der Waals surface area (Å²) in [5.74, 6) is -0.230. The number of pyridine rings is 1. The molecule has 0 fully saturated rings. The van der Waals surface area contributed by atoms with E-state index in [4.69, 9.17) is 11.6 Å². The summed E-state index contributed by atoms with van der Waals surface area (Å²) in [6.45, 7) is 2.26. The van der Waals surface area contributed by atoms with E-state index in [1.165, 1.54) is 0 Å². The van der Waals surface area contributed by atoms with Crippen LogP contribution in [0, 0.1) is 0 Å². The second-order valence-corrected chi connectivity index (χ2v) is 6.07. The number of carbonyl (C=O) groups is 2. The Morgan fingerprint density at radius 1 is 1.21 bits per heavy atom. The highest BCUT2D eigenvalue weighted by Crippen LogP contribution is 2.09. The van der Waals surface area contributed by atoms with Crippen molar-refractivity contribution in [3.8, 4) is 0 Å². The zero-order chi connectivity index (χ0) is 17.5. The molecular weight excluding hydrogens is 326 g/mol. The van der Waals surface area contributed by atoms with Crippen LogP contribution in [0.1, 0.15) is 29.3 Å². The molecule has 0 radical (unpaired) electrons. The molecule has 1 N–H and O–H groups in total. The van der Waals surface area contributed by atoms with E-state index in [9.17, 15) is 9.59 Å². The van der Waals surface area contributed by atoms with Gasteiger partial charge in [0, 0.05) is 37.8 Å². The van der Waals surface area contributed by atoms with Crippen LogP contribution in [0.3, 0.4) is 0 Å². The molecule has 0 saturated heterocycles. The Bertz CT molecular complexity index is 689. The van der Waals surface area contributed by atoms with Crippen LogP contribution >= 0.6 is 11.6 Å². The van der Waals surface area contributed by atoms with E-state index >= 15 is 0 Å². The van der Waals surface area contributed by atoms with Gasteiger partial charge < -0.3 is 10.2 Å². The molecule has 5 nitrogen and oxygen atoms in total. The van der Waals surface area contributed by atoms with Crippen molar-refractivity contribution in [1.82, 2.24) is 15.2 Å². The summed E-state index contributed by atoms with van der Waals surface area (Å²) < 4.78 is 0. The van der Waals surface area contributed by atoms with Gasteiger partial charge in [-0.25, -0.2) is 4.98 Å². The number of rotatable bonds is 6. The maximum Gasteiger partial charge on any atom is 0.251 e. The first-order valence-electron chi connectivity index (χ1n) is 7.66. The van der Waals surface area contributed by atoms with Gasteiger partial charge in [-0.2, -0.15) is 0 Å². The van der Waals surface area contributed by atoms with Gasteiger partial charge in [0.1, 0.15) is 5.15 Å². The van der Waals surface area contributed by atoms with E-state index in [1.807, 2.05) is 19.1 Å². The molecule has 126 valence electrons. The molecule has 2 amide bonds. The van der Waals surface area contributed by atoms with E-state index in [0.29, 0.717) is 17.3 Å². The first-order valence-corrected chi connectivity index (χ1v) is 8.04. The van der Waals surface area contributed by atoms with E-state index in [2.05, 4.69) is 10.3 Å². The van der Waals surface area contributed by atoms with Crippen LogP contribution in [-0.4, -0.2) is 34.8 Å². The van der Waals surface area contributed by atoms with Crippen LogP contribution in [-0.2, 0) is 11.3 Å². The summed E-state index contributed by atoms with van der Waals surface area (Å²) >= 11 is 5.75. The fourth-order valence-electron chi connectivity index (χ4n) is 2.23. The van der Waals surface area contributed by atoms with Crippen molar-refractivity contribution in [1.29, 1.82) is 0 Å².